The van der Waals surface area contributed by atoms with Crippen LogP contribution >= 0.6 is 0 Å². The van der Waals surface area contributed by atoms with E-state index < -0.39 is 48.0 Å². The fourth-order valence-corrected chi connectivity index (χ4v) is 4.06. The molecule has 2 aliphatic rings. The molecule has 1 aromatic carbocycles. The van der Waals surface area contributed by atoms with Crippen molar-refractivity contribution in [3.8, 4) is 5.75 Å². The van der Waals surface area contributed by atoms with Crippen molar-refractivity contribution in [3.05, 3.63) is 46.0 Å². The van der Waals surface area contributed by atoms with Crippen molar-refractivity contribution in [1.29, 1.82) is 0 Å². The number of anilines is 1. The van der Waals surface area contributed by atoms with Crippen LogP contribution in [0.25, 0.3) is 10.9 Å². The minimum Gasteiger partial charge on any atom is -0.492 e. The van der Waals surface area contributed by atoms with Crippen LogP contribution < -0.4 is 20.8 Å². The molecule has 2 N–H and O–H groups in total. The summed E-state index contributed by atoms with van der Waals surface area (Å²) in [5.74, 6) is -2.50. The summed E-state index contributed by atoms with van der Waals surface area (Å²) in [7, 11) is -2.19. The number of nitrogens with zero attached hydrogens (tertiary/aromatic N) is 2. The van der Waals surface area contributed by atoms with Crippen LogP contribution in [0.15, 0.2) is 29.2 Å². The number of methoxy groups -OCH3 is 1. The highest BCUT2D eigenvalue weighted by Crippen LogP contribution is 2.46. The maximum Gasteiger partial charge on any atom is 0.798 e. The summed E-state index contributed by atoms with van der Waals surface area (Å²) < 4.78 is 64.9. The summed E-state index contributed by atoms with van der Waals surface area (Å²) in [5, 5.41) is -0.320. The summed E-state index contributed by atoms with van der Waals surface area (Å²) in [6.07, 6.45) is -0.269. The summed E-state index contributed by atoms with van der Waals surface area (Å²) >= 11 is 0. The average Bonchev–Trinajstić information content (AvgIpc) is 3.35. The highest BCUT2D eigenvalue weighted by molar-refractivity contribution is 6.38. The predicted molar refractivity (Wildman–Crippen MR) is 111 cm³/mol. The third-order valence-electron chi connectivity index (χ3n) is 5.88. The fraction of sp³-hybridized carbons (Fsp3) is 0.400. The molecule has 32 heavy (non-hydrogen) atoms. The number of nitrogens with two attached hydrogens (primary N) is 1. The molecule has 7 nitrogen and oxygen atoms in total. The molecule has 1 aliphatic heterocycles. The number of fused-ring (bicyclic) bond motifs is 1. The summed E-state index contributed by atoms with van der Waals surface area (Å²) in [6, 6.07) is 0.104. The molecule has 0 spiro atoms. The van der Waals surface area contributed by atoms with Crippen molar-refractivity contribution < 1.29 is 31.6 Å². The Morgan fingerprint density at radius 2 is 2.06 bits per heavy atom. The van der Waals surface area contributed by atoms with Gasteiger partial charge in [-0.05, 0) is 18.6 Å². The molecule has 4 rings (SSSR count). The molecule has 0 bridgehead atoms. The highest BCUT2D eigenvalue weighted by Gasteiger charge is 2.42. The van der Waals surface area contributed by atoms with Gasteiger partial charge in [-0.25, -0.2) is 22.2 Å². The maximum absolute atomic E-state index is 15.3. The zero-order valence-corrected chi connectivity index (χ0v) is 17.3. The van der Waals surface area contributed by atoms with Crippen molar-refractivity contribution in [2.75, 3.05) is 25.1 Å². The smallest absolute Gasteiger partial charge is 0.492 e. The third kappa shape index (κ3) is 3.52. The van der Waals surface area contributed by atoms with Crippen molar-refractivity contribution in [3.63, 3.8) is 0 Å². The standard InChI is InChI=1S/C20H20BF4N3O4/c1-9-6-27(8-20(9,2)26)16-13(23)4-10-15(18(16)31-3)28(14-5-12(14)22)7-11(17(10)29)19(30)32-21(24)25/h4,7,12,14H,1,5-6,8,26H2,2-3H3/t12-,14+,20+/m0/s1. The molecule has 0 radical (unpaired) electrons. The first-order valence-electron chi connectivity index (χ1n) is 9.77. The van der Waals surface area contributed by atoms with E-state index in [1.54, 1.807) is 11.8 Å². The normalized spacial score (nSPS) is 24.7. The van der Waals surface area contributed by atoms with Gasteiger partial charge in [-0.15, -0.1) is 0 Å². The van der Waals surface area contributed by atoms with Gasteiger partial charge >= 0.3 is 13.4 Å². The second-order valence-corrected chi connectivity index (χ2v) is 8.28. The molecule has 1 aromatic heterocycles. The number of rotatable bonds is 5. The Labute approximate surface area is 180 Å². The van der Waals surface area contributed by atoms with Crippen LogP contribution in [0.5, 0.6) is 5.75 Å². The number of aromatic nitrogens is 1. The molecule has 0 unspecified atom stereocenters. The summed E-state index contributed by atoms with van der Waals surface area (Å²) in [6.45, 7) is 6.10. The van der Waals surface area contributed by atoms with E-state index in [4.69, 9.17) is 10.5 Å². The fourth-order valence-electron chi connectivity index (χ4n) is 4.06. The first-order chi connectivity index (χ1) is 15.0. The zero-order valence-electron chi connectivity index (χ0n) is 17.3. The van der Waals surface area contributed by atoms with Crippen LogP contribution in [0, 0.1) is 5.82 Å². The average molecular weight is 453 g/mol. The molecular formula is C20H20BF4N3O4. The van der Waals surface area contributed by atoms with E-state index >= 15 is 4.39 Å². The Bertz CT molecular complexity index is 1200. The van der Waals surface area contributed by atoms with E-state index in [1.165, 1.54) is 11.7 Å². The molecule has 2 aromatic rings. The lowest BCUT2D eigenvalue weighted by atomic mass is 9.99. The lowest BCUT2D eigenvalue weighted by Gasteiger charge is -2.25. The van der Waals surface area contributed by atoms with Crippen molar-refractivity contribution in [2.24, 2.45) is 5.73 Å². The SMILES string of the molecule is C=C1CN(c2c(F)cc3c(=O)c(C(=O)OB(F)F)cn([C@@H]4C[C@@H]4F)c3c2OC)C[C@@]1(C)N. The second-order valence-electron chi connectivity index (χ2n) is 8.28. The largest absolute Gasteiger partial charge is 0.798 e. The van der Waals surface area contributed by atoms with Crippen molar-refractivity contribution >= 4 is 30.0 Å². The van der Waals surface area contributed by atoms with E-state index in [1.807, 2.05) is 0 Å². The number of alkyl halides is 1. The number of benzene rings is 1. The van der Waals surface area contributed by atoms with Gasteiger partial charge in [0.1, 0.15) is 17.4 Å². The van der Waals surface area contributed by atoms with E-state index in [0.717, 1.165) is 12.3 Å². The number of hydrogen-bond donors (Lipinski definition) is 1. The van der Waals surface area contributed by atoms with Gasteiger partial charge in [0.2, 0.25) is 5.43 Å². The number of halogens is 4. The van der Waals surface area contributed by atoms with Gasteiger partial charge in [-0.3, -0.25) is 4.79 Å². The monoisotopic (exact) mass is 453 g/mol. The molecule has 2 heterocycles. The van der Waals surface area contributed by atoms with E-state index in [-0.39, 0.29) is 41.9 Å². The van der Waals surface area contributed by atoms with Crippen LogP contribution in [0.4, 0.5) is 23.1 Å². The van der Waals surface area contributed by atoms with Gasteiger partial charge in [0, 0.05) is 25.7 Å². The number of hydrogen-bond acceptors (Lipinski definition) is 6. The lowest BCUT2D eigenvalue weighted by molar-refractivity contribution is 0.0693. The molecule has 1 aliphatic carbocycles. The van der Waals surface area contributed by atoms with E-state index in [0.29, 0.717) is 5.57 Å². The third-order valence-corrected chi connectivity index (χ3v) is 5.88. The van der Waals surface area contributed by atoms with E-state index in [9.17, 15) is 22.6 Å². The maximum atomic E-state index is 15.3. The van der Waals surface area contributed by atoms with Gasteiger partial charge in [-0.1, -0.05) is 6.58 Å². The van der Waals surface area contributed by atoms with Gasteiger partial charge in [0.25, 0.3) is 0 Å². The number of ether oxygens (including phenoxy) is 1. The van der Waals surface area contributed by atoms with Gasteiger partial charge < -0.3 is 24.6 Å². The van der Waals surface area contributed by atoms with Crippen molar-refractivity contribution in [2.45, 2.75) is 31.1 Å². The minimum absolute atomic E-state index is 0.00226. The number of carbonyl (C=O) groups is 1. The lowest BCUT2D eigenvalue weighted by Crippen LogP contribution is -2.40. The number of carbonyl (C=O) groups excluding carboxylic acids is 1. The molecule has 1 saturated carbocycles. The minimum atomic E-state index is -3.46. The Kier molecular flexibility index (Phi) is 5.23. The van der Waals surface area contributed by atoms with Crippen molar-refractivity contribution in [1.82, 2.24) is 4.57 Å². The quantitative estimate of drug-likeness (QED) is 0.426. The molecule has 2 fully saturated rings. The Balaban J connectivity index is 1.99. The molecule has 0 amide bonds. The van der Waals surface area contributed by atoms with Crippen LogP contribution in [0.3, 0.4) is 0 Å². The van der Waals surface area contributed by atoms with Gasteiger partial charge in [-0.2, -0.15) is 0 Å². The Hall–Kier alpha value is -3.02. The second kappa shape index (κ2) is 7.54. The predicted octanol–water partition coefficient (Wildman–Crippen LogP) is 2.61. The van der Waals surface area contributed by atoms with Gasteiger partial charge in [0.15, 0.2) is 11.6 Å². The van der Waals surface area contributed by atoms with Crippen LogP contribution in [0.2, 0.25) is 0 Å². The van der Waals surface area contributed by atoms with Crippen LogP contribution in [-0.4, -0.2) is 49.9 Å². The first-order valence-corrected chi connectivity index (χ1v) is 9.77. The van der Waals surface area contributed by atoms with Gasteiger partial charge in [0.05, 0.1) is 29.6 Å². The molecular weight excluding hydrogens is 433 g/mol. The first kappa shape index (κ1) is 22.2. The molecule has 12 heteroatoms. The van der Waals surface area contributed by atoms with E-state index in [2.05, 4.69) is 11.2 Å². The zero-order chi connectivity index (χ0) is 23.5. The Morgan fingerprint density at radius 1 is 1.41 bits per heavy atom. The van der Waals surface area contributed by atoms with Crippen LogP contribution in [0.1, 0.15) is 29.7 Å². The molecule has 3 atom stereocenters. The molecule has 1 saturated heterocycles. The Morgan fingerprint density at radius 3 is 2.56 bits per heavy atom. The van der Waals surface area contributed by atoms with Crippen LogP contribution in [-0.2, 0) is 4.65 Å². The topological polar surface area (TPSA) is 86.8 Å². The number of pyridine rings is 1. The molecule has 170 valence electrons. The summed E-state index contributed by atoms with van der Waals surface area (Å²) in [5.41, 5.74) is 4.33. The highest BCUT2D eigenvalue weighted by atomic mass is 19.2. The summed E-state index contributed by atoms with van der Waals surface area (Å²) in [4.78, 5) is 26.6.